The topological polar surface area (TPSA) is 89.7 Å². The third-order valence-electron chi connectivity index (χ3n) is 5.13. The number of hydrogen-bond acceptors (Lipinski definition) is 4. The molecule has 2 aromatic carbocycles. The molecule has 28 heavy (non-hydrogen) atoms. The number of aromatic amines is 1. The van der Waals surface area contributed by atoms with Gasteiger partial charge in [-0.05, 0) is 60.5 Å². The number of nitrogens with zero attached hydrogens (tertiary/aromatic N) is 2. The highest BCUT2D eigenvalue weighted by Gasteiger charge is 2.28. The first kappa shape index (κ1) is 19.2. The fraction of sp³-hybridized carbons (Fsp3) is 0.261. The fourth-order valence-electron chi connectivity index (χ4n) is 3.42. The van der Waals surface area contributed by atoms with E-state index in [-0.39, 0.29) is 5.56 Å². The molecular weight excluding hydrogens is 350 g/mol. The summed E-state index contributed by atoms with van der Waals surface area (Å²) in [6.07, 6.45) is 1.10. The van der Waals surface area contributed by atoms with Crippen LogP contribution in [0.1, 0.15) is 36.1 Å². The Morgan fingerprint density at radius 1 is 1.14 bits per heavy atom. The van der Waals surface area contributed by atoms with Gasteiger partial charge >= 0.3 is 0 Å². The minimum Gasteiger partial charge on any atom is -0.495 e. The van der Waals surface area contributed by atoms with Gasteiger partial charge in [-0.1, -0.05) is 25.1 Å². The van der Waals surface area contributed by atoms with Crippen molar-refractivity contribution < 1.29 is 4.74 Å². The molecule has 1 unspecified atom stereocenters. The maximum absolute atomic E-state index is 12.2. The number of aryl methyl sites for hydroxylation is 1. The molecule has 0 saturated carbocycles. The molecule has 0 fully saturated rings. The number of nitrogens with one attached hydrogen (secondary N) is 1. The van der Waals surface area contributed by atoms with Gasteiger partial charge in [0.25, 0.3) is 5.56 Å². The second-order valence-corrected chi connectivity index (χ2v) is 7.05. The average Bonchev–Trinajstić information content (AvgIpc) is 2.72. The quantitative estimate of drug-likeness (QED) is 0.734. The molecule has 140 valence electrons. The summed E-state index contributed by atoms with van der Waals surface area (Å²) in [4.78, 5) is 15.1. The first-order chi connectivity index (χ1) is 13.4. The van der Waals surface area contributed by atoms with E-state index in [0.717, 1.165) is 22.1 Å². The monoisotopic (exact) mass is 371 g/mol. The van der Waals surface area contributed by atoms with E-state index in [9.17, 15) is 15.3 Å². The van der Waals surface area contributed by atoms with Crippen molar-refractivity contribution in [2.75, 3.05) is 7.11 Å². The van der Waals surface area contributed by atoms with Crippen LogP contribution >= 0.6 is 0 Å². The summed E-state index contributed by atoms with van der Waals surface area (Å²) in [6, 6.07) is 17.5. The molecular formula is C23H21N3O2. The number of nitriles is 2. The number of ether oxygens (including phenoxy) is 1. The van der Waals surface area contributed by atoms with E-state index in [4.69, 9.17) is 4.74 Å². The van der Waals surface area contributed by atoms with Crippen LogP contribution in [0.4, 0.5) is 0 Å². The second kappa shape index (κ2) is 7.58. The van der Waals surface area contributed by atoms with Gasteiger partial charge in [-0.2, -0.15) is 10.5 Å². The Hall–Kier alpha value is -3.57. The predicted molar refractivity (Wildman–Crippen MR) is 108 cm³/mol. The molecule has 3 aromatic rings. The van der Waals surface area contributed by atoms with E-state index in [2.05, 4.69) is 17.1 Å². The fourth-order valence-corrected chi connectivity index (χ4v) is 3.42. The summed E-state index contributed by atoms with van der Waals surface area (Å²) < 4.78 is 5.19. The lowest BCUT2D eigenvalue weighted by molar-refractivity contribution is 0.413. The van der Waals surface area contributed by atoms with Gasteiger partial charge in [0.2, 0.25) is 0 Å². The van der Waals surface area contributed by atoms with Gasteiger partial charge in [0.15, 0.2) is 0 Å². The number of H-pyrrole nitrogens is 1. The standard InChI is InChI=1S/C23H21N3O2/c1-4-16-10-17-6-7-19(11-20(17)26-22(16)27)23(2,14-25)12-15-5-8-21(28-3)18(9-15)13-24/h5-11H,4,12H2,1-3H3,(H,26,27). The van der Waals surface area contributed by atoms with Gasteiger partial charge in [-0.25, -0.2) is 0 Å². The lowest BCUT2D eigenvalue weighted by atomic mass is 9.78. The third kappa shape index (κ3) is 3.48. The Balaban J connectivity index is 2.03. The van der Waals surface area contributed by atoms with E-state index in [1.807, 2.05) is 44.2 Å². The Morgan fingerprint density at radius 2 is 1.93 bits per heavy atom. The zero-order valence-electron chi connectivity index (χ0n) is 16.2. The van der Waals surface area contributed by atoms with Crippen molar-refractivity contribution in [1.29, 1.82) is 10.5 Å². The number of methoxy groups -OCH3 is 1. The minimum atomic E-state index is -0.810. The van der Waals surface area contributed by atoms with Crippen molar-refractivity contribution in [2.24, 2.45) is 0 Å². The van der Waals surface area contributed by atoms with Gasteiger partial charge in [0, 0.05) is 11.1 Å². The van der Waals surface area contributed by atoms with Crippen LogP contribution in [0.3, 0.4) is 0 Å². The van der Waals surface area contributed by atoms with E-state index in [1.54, 1.807) is 12.1 Å². The van der Waals surface area contributed by atoms with Crippen molar-refractivity contribution in [3.63, 3.8) is 0 Å². The van der Waals surface area contributed by atoms with E-state index < -0.39 is 5.41 Å². The largest absolute Gasteiger partial charge is 0.495 e. The Kier molecular flexibility index (Phi) is 5.20. The first-order valence-corrected chi connectivity index (χ1v) is 9.08. The van der Waals surface area contributed by atoms with E-state index >= 15 is 0 Å². The molecule has 0 aliphatic carbocycles. The predicted octanol–water partition coefficient (Wildman–Crippen LogP) is 3.99. The number of benzene rings is 2. The van der Waals surface area contributed by atoms with Gasteiger partial charge < -0.3 is 9.72 Å². The lowest BCUT2D eigenvalue weighted by Gasteiger charge is -2.23. The van der Waals surface area contributed by atoms with Crippen LogP contribution in [0, 0.1) is 22.7 Å². The highest BCUT2D eigenvalue weighted by atomic mass is 16.5. The SMILES string of the molecule is CCc1cc2ccc(C(C)(C#N)Cc3ccc(OC)c(C#N)c3)cc2[nH]c1=O. The van der Waals surface area contributed by atoms with Crippen LogP contribution in [-0.2, 0) is 18.3 Å². The molecule has 1 N–H and O–H groups in total. The molecule has 0 spiro atoms. The number of hydrogen-bond donors (Lipinski definition) is 1. The molecule has 5 nitrogen and oxygen atoms in total. The molecule has 0 saturated heterocycles. The van der Waals surface area contributed by atoms with Gasteiger partial charge in [0.1, 0.15) is 11.8 Å². The van der Waals surface area contributed by atoms with Crippen LogP contribution in [0.5, 0.6) is 5.75 Å². The maximum atomic E-state index is 12.2. The highest BCUT2D eigenvalue weighted by molar-refractivity contribution is 5.80. The Morgan fingerprint density at radius 3 is 2.57 bits per heavy atom. The van der Waals surface area contributed by atoms with Crippen LogP contribution in [0.15, 0.2) is 47.3 Å². The number of pyridine rings is 1. The minimum absolute atomic E-state index is 0.0976. The maximum Gasteiger partial charge on any atom is 0.251 e. The summed E-state index contributed by atoms with van der Waals surface area (Å²) in [6.45, 7) is 3.81. The van der Waals surface area contributed by atoms with Crippen molar-refractivity contribution in [2.45, 2.75) is 32.1 Å². The average molecular weight is 371 g/mol. The molecule has 0 aliphatic heterocycles. The second-order valence-electron chi connectivity index (χ2n) is 7.05. The summed E-state index contributed by atoms with van der Waals surface area (Å²) in [5.74, 6) is 0.514. The molecule has 1 aromatic heterocycles. The highest BCUT2D eigenvalue weighted by Crippen LogP contribution is 2.31. The molecule has 1 atom stereocenters. The molecule has 0 amide bonds. The summed E-state index contributed by atoms with van der Waals surface area (Å²) in [5.41, 5.74) is 2.68. The summed E-state index contributed by atoms with van der Waals surface area (Å²) in [5, 5.41) is 20.2. The molecule has 3 rings (SSSR count). The van der Waals surface area contributed by atoms with Crippen molar-refractivity contribution in [1.82, 2.24) is 4.98 Å². The van der Waals surface area contributed by atoms with Crippen molar-refractivity contribution >= 4 is 10.9 Å². The Bertz CT molecular complexity index is 1180. The molecule has 0 radical (unpaired) electrons. The molecule has 5 heteroatoms. The number of aromatic nitrogens is 1. The van der Waals surface area contributed by atoms with Crippen LogP contribution in [0.25, 0.3) is 10.9 Å². The van der Waals surface area contributed by atoms with E-state index in [0.29, 0.717) is 29.7 Å². The molecule has 1 heterocycles. The van der Waals surface area contributed by atoms with Gasteiger partial charge in [-0.3, -0.25) is 4.79 Å². The third-order valence-corrected chi connectivity index (χ3v) is 5.13. The van der Waals surface area contributed by atoms with Crippen LogP contribution < -0.4 is 10.3 Å². The number of rotatable bonds is 5. The summed E-state index contributed by atoms with van der Waals surface area (Å²) >= 11 is 0. The molecule has 0 aliphatic rings. The normalized spacial score (nSPS) is 12.8. The first-order valence-electron chi connectivity index (χ1n) is 9.08. The van der Waals surface area contributed by atoms with E-state index in [1.165, 1.54) is 7.11 Å². The number of fused-ring (bicyclic) bond motifs is 1. The zero-order chi connectivity index (χ0) is 20.3. The van der Waals surface area contributed by atoms with Gasteiger partial charge in [0.05, 0.1) is 24.2 Å². The Labute approximate surface area is 163 Å². The zero-order valence-corrected chi connectivity index (χ0v) is 16.2. The molecule has 0 bridgehead atoms. The van der Waals surface area contributed by atoms with Crippen molar-refractivity contribution in [3.8, 4) is 17.9 Å². The lowest BCUT2D eigenvalue weighted by Crippen LogP contribution is -2.23. The van der Waals surface area contributed by atoms with Crippen molar-refractivity contribution in [3.05, 3.63) is 75.1 Å². The van der Waals surface area contributed by atoms with Gasteiger partial charge in [-0.15, -0.1) is 0 Å². The van der Waals surface area contributed by atoms with Crippen LogP contribution in [0.2, 0.25) is 0 Å². The van der Waals surface area contributed by atoms with Crippen LogP contribution in [-0.4, -0.2) is 12.1 Å². The summed E-state index contributed by atoms with van der Waals surface area (Å²) in [7, 11) is 1.52. The smallest absolute Gasteiger partial charge is 0.251 e.